The second kappa shape index (κ2) is 21.6. The molecule has 308 valence electrons. The summed E-state index contributed by atoms with van der Waals surface area (Å²) in [5.41, 5.74) is 0.439. The Morgan fingerprint density at radius 2 is 0.906 bits per heavy atom. The molecule has 53 heavy (non-hydrogen) atoms. The molecule has 2 unspecified atom stereocenters. The van der Waals surface area contributed by atoms with E-state index in [1.807, 2.05) is 0 Å². The summed E-state index contributed by atoms with van der Waals surface area (Å²) in [4.78, 5) is 24.6. The molecule has 3 heterocycles. The summed E-state index contributed by atoms with van der Waals surface area (Å²) in [7, 11) is 0. The van der Waals surface area contributed by atoms with Crippen LogP contribution in [0.4, 0.5) is 17.8 Å². The van der Waals surface area contributed by atoms with Gasteiger partial charge in [0.25, 0.3) is 0 Å². The molecule has 0 aromatic carbocycles. The van der Waals surface area contributed by atoms with E-state index >= 15 is 0 Å². The van der Waals surface area contributed by atoms with Crippen molar-refractivity contribution in [2.75, 3.05) is 54.0 Å². The molecular weight excluding hydrogens is 653 g/mol. The van der Waals surface area contributed by atoms with Crippen LogP contribution < -0.4 is 25.3 Å². The second-order valence-electron chi connectivity index (χ2n) is 20.0. The van der Waals surface area contributed by atoms with E-state index in [1.165, 1.54) is 77.0 Å². The highest BCUT2D eigenvalue weighted by atomic mass is 15.4. The van der Waals surface area contributed by atoms with Crippen LogP contribution in [0, 0.1) is 10.8 Å². The number of aromatic nitrogens is 3. The van der Waals surface area contributed by atoms with E-state index in [4.69, 9.17) is 15.0 Å². The molecule has 0 saturated carbocycles. The van der Waals surface area contributed by atoms with Crippen molar-refractivity contribution in [1.29, 1.82) is 0 Å². The van der Waals surface area contributed by atoms with E-state index in [2.05, 4.69) is 108 Å². The highest BCUT2D eigenvalue weighted by molar-refractivity contribution is 5.48. The lowest BCUT2D eigenvalue weighted by molar-refractivity contribution is 0.245. The third-order valence-electron chi connectivity index (χ3n) is 12.6. The summed E-state index contributed by atoms with van der Waals surface area (Å²) >= 11 is 0. The van der Waals surface area contributed by atoms with Gasteiger partial charge in [-0.05, 0) is 103 Å². The van der Waals surface area contributed by atoms with Crippen LogP contribution in [0.25, 0.3) is 0 Å². The standard InChI is InChI=1S/C45H88N8/c1-13-17-19-21-23-25-31-51(32-26-24-22-20-18-14-2)39-48-40(52(35-42(5,6)15-3)37-27-29-46-44(9,10)33-37)50-41(49-39)53(36-43(7,8)16-4)38-28-30-47-45(11,12)34-38/h37-38,46-47H,13-36H2,1-12H3. The molecule has 1 aromatic rings. The van der Waals surface area contributed by atoms with Crippen LogP contribution >= 0.6 is 0 Å². The molecule has 2 saturated heterocycles. The van der Waals surface area contributed by atoms with Crippen LogP contribution in [0.15, 0.2) is 0 Å². The molecule has 8 heteroatoms. The lowest BCUT2D eigenvalue weighted by atomic mass is 9.85. The van der Waals surface area contributed by atoms with Gasteiger partial charge >= 0.3 is 0 Å². The SMILES string of the molecule is CCCCCCCCN(CCCCCCCC)c1nc(N(CC(C)(C)CC)C2CCNC(C)(C)C2)nc(N(CC(C)(C)CC)C2CCNC(C)(C)C2)n1. The van der Waals surface area contributed by atoms with Gasteiger partial charge in [0.2, 0.25) is 17.8 Å². The first-order valence-electron chi connectivity index (χ1n) is 22.6. The molecular formula is C45H88N8. The number of anilines is 3. The predicted octanol–water partition coefficient (Wildman–Crippen LogP) is 10.9. The van der Waals surface area contributed by atoms with Crippen LogP contribution in [-0.2, 0) is 0 Å². The summed E-state index contributed by atoms with van der Waals surface area (Å²) in [6.45, 7) is 34.4. The third kappa shape index (κ3) is 15.8. The molecule has 0 bridgehead atoms. The maximum absolute atomic E-state index is 5.62. The highest BCUT2D eigenvalue weighted by Crippen LogP contribution is 2.35. The first-order valence-corrected chi connectivity index (χ1v) is 22.6. The number of hydrogen-bond donors (Lipinski definition) is 2. The van der Waals surface area contributed by atoms with Crippen LogP contribution in [0.5, 0.6) is 0 Å². The summed E-state index contributed by atoms with van der Waals surface area (Å²) in [6.07, 6.45) is 22.2. The minimum absolute atomic E-state index is 0.0790. The minimum Gasteiger partial charge on any atom is -0.341 e. The van der Waals surface area contributed by atoms with Crippen molar-refractivity contribution in [3.05, 3.63) is 0 Å². The van der Waals surface area contributed by atoms with Crippen LogP contribution in [0.1, 0.15) is 199 Å². The average molecular weight is 741 g/mol. The fourth-order valence-electron chi connectivity index (χ4n) is 8.30. The topological polar surface area (TPSA) is 72.5 Å². The number of unbranched alkanes of at least 4 members (excludes halogenated alkanes) is 10. The lowest BCUT2D eigenvalue weighted by Crippen LogP contribution is -2.56. The second-order valence-corrected chi connectivity index (χ2v) is 20.0. The van der Waals surface area contributed by atoms with Gasteiger partial charge in [-0.15, -0.1) is 0 Å². The van der Waals surface area contributed by atoms with Crippen molar-refractivity contribution in [3.8, 4) is 0 Å². The Morgan fingerprint density at radius 1 is 0.547 bits per heavy atom. The van der Waals surface area contributed by atoms with Gasteiger partial charge in [-0.25, -0.2) is 0 Å². The maximum atomic E-state index is 5.62. The maximum Gasteiger partial charge on any atom is 0.232 e. The lowest BCUT2D eigenvalue weighted by Gasteiger charge is -2.46. The Hall–Kier alpha value is -1.67. The quantitative estimate of drug-likeness (QED) is 0.0960. The molecule has 2 fully saturated rings. The van der Waals surface area contributed by atoms with Crippen molar-refractivity contribution in [3.63, 3.8) is 0 Å². The molecule has 0 spiro atoms. The van der Waals surface area contributed by atoms with Gasteiger partial charge in [-0.2, -0.15) is 15.0 Å². The number of nitrogens with one attached hydrogen (secondary N) is 2. The summed E-state index contributed by atoms with van der Waals surface area (Å²) in [6, 6.07) is 0.758. The third-order valence-corrected chi connectivity index (χ3v) is 12.6. The van der Waals surface area contributed by atoms with Crippen molar-refractivity contribution < 1.29 is 0 Å². The molecule has 0 amide bonds. The Kier molecular flexibility index (Phi) is 18.6. The summed E-state index contributed by atoms with van der Waals surface area (Å²) in [5.74, 6) is 2.71. The van der Waals surface area contributed by atoms with E-state index in [9.17, 15) is 0 Å². The zero-order valence-electron chi connectivity index (χ0n) is 37.3. The molecule has 2 aliphatic rings. The van der Waals surface area contributed by atoms with Crippen LogP contribution in [-0.4, -0.2) is 77.4 Å². The average Bonchev–Trinajstić information content (AvgIpc) is 3.10. The molecule has 3 rings (SSSR count). The summed E-state index contributed by atoms with van der Waals surface area (Å²) in [5, 5.41) is 7.59. The molecule has 0 aliphatic carbocycles. The van der Waals surface area contributed by atoms with Crippen molar-refractivity contribution in [2.24, 2.45) is 10.8 Å². The fourth-order valence-corrected chi connectivity index (χ4v) is 8.30. The van der Waals surface area contributed by atoms with Gasteiger partial charge in [0, 0.05) is 49.3 Å². The number of piperidine rings is 2. The first-order chi connectivity index (χ1) is 25.0. The monoisotopic (exact) mass is 741 g/mol. The van der Waals surface area contributed by atoms with Gasteiger partial charge in [0.05, 0.1) is 0 Å². The van der Waals surface area contributed by atoms with Gasteiger partial charge in [-0.3, -0.25) is 0 Å². The van der Waals surface area contributed by atoms with Crippen molar-refractivity contribution >= 4 is 17.8 Å². The minimum atomic E-state index is 0.0790. The Balaban J connectivity index is 2.18. The zero-order chi connectivity index (χ0) is 39.1. The highest BCUT2D eigenvalue weighted by Gasteiger charge is 2.38. The van der Waals surface area contributed by atoms with Crippen molar-refractivity contribution in [2.45, 2.75) is 222 Å². The summed E-state index contributed by atoms with van der Waals surface area (Å²) < 4.78 is 0. The van der Waals surface area contributed by atoms with E-state index < -0.39 is 0 Å². The van der Waals surface area contributed by atoms with Gasteiger partial charge in [0.15, 0.2) is 0 Å². The van der Waals surface area contributed by atoms with Crippen LogP contribution in [0.3, 0.4) is 0 Å². The molecule has 2 aliphatic heterocycles. The molecule has 2 N–H and O–H groups in total. The van der Waals surface area contributed by atoms with E-state index in [-0.39, 0.29) is 21.9 Å². The Labute approximate surface area is 329 Å². The van der Waals surface area contributed by atoms with Gasteiger partial charge < -0.3 is 25.3 Å². The van der Waals surface area contributed by atoms with E-state index in [0.717, 1.165) is 95.6 Å². The van der Waals surface area contributed by atoms with E-state index in [1.54, 1.807) is 0 Å². The first kappa shape index (κ1) is 45.7. The Bertz CT molecular complexity index is 1080. The normalized spacial score (nSPS) is 20.4. The molecule has 8 nitrogen and oxygen atoms in total. The number of hydrogen-bond acceptors (Lipinski definition) is 8. The largest absolute Gasteiger partial charge is 0.341 e. The molecule has 2 atom stereocenters. The van der Waals surface area contributed by atoms with Gasteiger partial charge in [-0.1, -0.05) is 120 Å². The molecule has 1 aromatic heterocycles. The number of nitrogens with zero attached hydrogens (tertiary/aromatic N) is 6. The molecule has 0 radical (unpaired) electrons. The fraction of sp³-hybridized carbons (Fsp3) is 0.933. The Morgan fingerprint density at radius 3 is 1.26 bits per heavy atom. The number of rotatable bonds is 25. The van der Waals surface area contributed by atoms with Crippen molar-refractivity contribution in [1.82, 2.24) is 25.6 Å². The van der Waals surface area contributed by atoms with Crippen LogP contribution in [0.2, 0.25) is 0 Å². The zero-order valence-corrected chi connectivity index (χ0v) is 37.3. The van der Waals surface area contributed by atoms with E-state index in [0.29, 0.717) is 12.1 Å². The van der Waals surface area contributed by atoms with Gasteiger partial charge in [0.1, 0.15) is 0 Å². The smallest absolute Gasteiger partial charge is 0.232 e. The predicted molar refractivity (Wildman–Crippen MR) is 232 cm³/mol.